The molecule has 0 aliphatic rings. The maximum atomic E-state index is 12.5. The van der Waals surface area contributed by atoms with Gasteiger partial charge in [0, 0.05) is 11.3 Å². The van der Waals surface area contributed by atoms with Gasteiger partial charge in [-0.3, -0.25) is 9.89 Å². The molecule has 1 heterocycles. The van der Waals surface area contributed by atoms with Crippen molar-refractivity contribution in [1.29, 1.82) is 0 Å². The van der Waals surface area contributed by atoms with Crippen LogP contribution < -0.4 is 5.56 Å². The third-order valence-electron chi connectivity index (χ3n) is 3.37. The third-order valence-corrected chi connectivity index (χ3v) is 3.37. The van der Waals surface area contributed by atoms with Crippen LogP contribution in [0.15, 0.2) is 35.1 Å². The minimum Gasteiger partial charge on any atom is -0.295 e. The molecule has 0 aliphatic heterocycles. The molecule has 1 aromatic heterocycles. The number of H-pyrrole nitrogens is 1. The molecule has 0 unspecified atom stereocenters. The van der Waals surface area contributed by atoms with Crippen LogP contribution in [-0.2, 0) is 12.8 Å². The third kappa shape index (κ3) is 2.98. The number of unbranched alkanes of at least 4 members (excludes halogenated alkanes) is 1. The Labute approximate surface area is 114 Å². The maximum Gasteiger partial charge on any atom is 0.274 e. The van der Waals surface area contributed by atoms with Crippen molar-refractivity contribution in [2.24, 2.45) is 0 Å². The highest BCUT2D eigenvalue weighted by molar-refractivity contribution is 5.33. The van der Waals surface area contributed by atoms with E-state index in [0.717, 1.165) is 49.0 Å². The summed E-state index contributed by atoms with van der Waals surface area (Å²) in [6, 6.07) is 9.78. The van der Waals surface area contributed by atoms with Gasteiger partial charge in [0.25, 0.3) is 5.56 Å². The quantitative estimate of drug-likeness (QED) is 0.846. The van der Waals surface area contributed by atoms with Crippen LogP contribution in [0.1, 0.15) is 44.4 Å². The molecule has 0 aliphatic carbocycles. The summed E-state index contributed by atoms with van der Waals surface area (Å²) in [4.78, 5) is 12.5. The molecule has 3 heteroatoms. The van der Waals surface area contributed by atoms with Gasteiger partial charge >= 0.3 is 0 Å². The molecule has 0 bridgehead atoms. The molecule has 19 heavy (non-hydrogen) atoms. The van der Waals surface area contributed by atoms with E-state index in [2.05, 4.69) is 18.9 Å². The van der Waals surface area contributed by atoms with Crippen molar-refractivity contribution in [3.8, 4) is 5.69 Å². The number of aryl methyl sites for hydroxylation is 1. The molecule has 1 aromatic carbocycles. The van der Waals surface area contributed by atoms with Crippen LogP contribution in [-0.4, -0.2) is 9.78 Å². The molecular weight excluding hydrogens is 236 g/mol. The molecule has 0 spiro atoms. The first kappa shape index (κ1) is 13.7. The lowest BCUT2D eigenvalue weighted by Gasteiger charge is -2.01. The second-order valence-electron chi connectivity index (χ2n) is 4.90. The van der Waals surface area contributed by atoms with E-state index in [-0.39, 0.29) is 5.56 Å². The average Bonchev–Trinajstić information content (AvgIpc) is 2.75. The van der Waals surface area contributed by atoms with E-state index in [9.17, 15) is 4.79 Å². The number of nitrogens with zero attached hydrogens (tertiary/aromatic N) is 1. The molecule has 0 fully saturated rings. The van der Waals surface area contributed by atoms with Crippen LogP contribution in [0.25, 0.3) is 5.69 Å². The summed E-state index contributed by atoms with van der Waals surface area (Å²) in [5.74, 6) is 0. The molecule has 0 radical (unpaired) electrons. The predicted octanol–water partition coefficient (Wildman–Crippen LogP) is 3.46. The van der Waals surface area contributed by atoms with Gasteiger partial charge in [-0.15, -0.1) is 0 Å². The Morgan fingerprint density at radius 3 is 2.42 bits per heavy atom. The Hall–Kier alpha value is -1.77. The average molecular weight is 258 g/mol. The summed E-state index contributed by atoms with van der Waals surface area (Å²) in [5, 5.41) is 3.29. The van der Waals surface area contributed by atoms with Crippen molar-refractivity contribution in [2.75, 3.05) is 0 Å². The monoisotopic (exact) mass is 258 g/mol. The Balaban J connectivity index is 2.43. The van der Waals surface area contributed by atoms with Crippen LogP contribution in [0.4, 0.5) is 0 Å². The SMILES string of the molecule is CCCCc1[nH]n(-c2ccccc2)c(=O)c1CCC. The van der Waals surface area contributed by atoms with Gasteiger partial charge in [-0.05, 0) is 31.4 Å². The summed E-state index contributed by atoms with van der Waals surface area (Å²) < 4.78 is 1.68. The highest BCUT2D eigenvalue weighted by atomic mass is 16.1. The fraction of sp³-hybridized carbons (Fsp3) is 0.438. The fourth-order valence-corrected chi connectivity index (χ4v) is 2.34. The number of para-hydroxylation sites is 1. The summed E-state index contributed by atoms with van der Waals surface area (Å²) in [7, 11) is 0. The highest BCUT2D eigenvalue weighted by Gasteiger charge is 2.13. The van der Waals surface area contributed by atoms with Gasteiger partial charge in [0.15, 0.2) is 0 Å². The molecule has 0 saturated heterocycles. The van der Waals surface area contributed by atoms with Crippen molar-refractivity contribution in [1.82, 2.24) is 9.78 Å². The molecule has 2 aromatic rings. The first-order chi connectivity index (χ1) is 9.27. The van der Waals surface area contributed by atoms with Crippen LogP contribution in [0.3, 0.4) is 0 Å². The van der Waals surface area contributed by atoms with E-state index in [1.165, 1.54) is 0 Å². The van der Waals surface area contributed by atoms with Gasteiger partial charge < -0.3 is 0 Å². The molecule has 102 valence electrons. The number of aromatic amines is 1. The second kappa shape index (κ2) is 6.41. The van der Waals surface area contributed by atoms with Crippen molar-refractivity contribution < 1.29 is 0 Å². The fourth-order valence-electron chi connectivity index (χ4n) is 2.34. The standard InChI is InChI=1S/C16H22N2O/c1-3-5-12-15-14(9-4-2)16(19)18(17-15)13-10-7-6-8-11-13/h6-8,10-11,17H,3-5,9,12H2,1-2H3. The molecule has 3 nitrogen and oxygen atoms in total. The zero-order chi connectivity index (χ0) is 13.7. The topological polar surface area (TPSA) is 37.8 Å². The van der Waals surface area contributed by atoms with E-state index in [1.807, 2.05) is 30.3 Å². The number of hydrogen-bond acceptors (Lipinski definition) is 1. The van der Waals surface area contributed by atoms with Crippen molar-refractivity contribution in [3.05, 3.63) is 51.9 Å². The van der Waals surface area contributed by atoms with Gasteiger partial charge in [-0.25, -0.2) is 4.68 Å². The summed E-state index contributed by atoms with van der Waals surface area (Å²) in [5.41, 5.74) is 3.09. The van der Waals surface area contributed by atoms with E-state index in [1.54, 1.807) is 4.68 Å². The predicted molar refractivity (Wildman–Crippen MR) is 79.0 cm³/mol. The molecule has 0 saturated carbocycles. The number of rotatable bonds is 6. The van der Waals surface area contributed by atoms with E-state index < -0.39 is 0 Å². The lowest BCUT2D eigenvalue weighted by atomic mass is 10.1. The number of aromatic nitrogens is 2. The number of hydrogen-bond donors (Lipinski definition) is 1. The van der Waals surface area contributed by atoms with Gasteiger partial charge in [0.2, 0.25) is 0 Å². The molecule has 1 N–H and O–H groups in total. The Morgan fingerprint density at radius 1 is 1.05 bits per heavy atom. The van der Waals surface area contributed by atoms with Crippen LogP contribution in [0.2, 0.25) is 0 Å². The number of benzene rings is 1. The Bertz CT molecular complexity index is 566. The first-order valence-electron chi connectivity index (χ1n) is 7.16. The summed E-state index contributed by atoms with van der Waals surface area (Å²) >= 11 is 0. The van der Waals surface area contributed by atoms with Gasteiger partial charge in [-0.1, -0.05) is 44.9 Å². The zero-order valence-electron chi connectivity index (χ0n) is 11.8. The van der Waals surface area contributed by atoms with E-state index >= 15 is 0 Å². The van der Waals surface area contributed by atoms with E-state index in [0.29, 0.717) is 0 Å². The van der Waals surface area contributed by atoms with Crippen molar-refractivity contribution in [2.45, 2.75) is 46.0 Å². The van der Waals surface area contributed by atoms with Crippen molar-refractivity contribution >= 4 is 0 Å². The van der Waals surface area contributed by atoms with Crippen molar-refractivity contribution in [3.63, 3.8) is 0 Å². The smallest absolute Gasteiger partial charge is 0.274 e. The summed E-state index contributed by atoms with van der Waals surface area (Å²) in [6.07, 6.45) is 5.08. The minimum atomic E-state index is 0.110. The highest BCUT2D eigenvalue weighted by Crippen LogP contribution is 2.11. The largest absolute Gasteiger partial charge is 0.295 e. The first-order valence-corrected chi connectivity index (χ1v) is 7.16. The second-order valence-corrected chi connectivity index (χ2v) is 4.90. The van der Waals surface area contributed by atoms with E-state index in [4.69, 9.17) is 0 Å². The lowest BCUT2D eigenvalue weighted by Crippen LogP contribution is -2.17. The Kier molecular flexibility index (Phi) is 4.61. The van der Waals surface area contributed by atoms with Crippen LogP contribution >= 0.6 is 0 Å². The van der Waals surface area contributed by atoms with Gasteiger partial charge in [0.1, 0.15) is 0 Å². The van der Waals surface area contributed by atoms with Gasteiger partial charge in [0.05, 0.1) is 5.69 Å². The minimum absolute atomic E-state index is 0.110. The molecular formula is C16H22N2O. The normalized spacial score (nSPS) is 10.8. The molecule has 0 amide bonds. The summed E-state index contributed by atoms with van der Waals surface area (Å²) in [6.45, 7) is 4.29. The Morgan fingerprint density at radius 2 is 1.79 bits per heavy atom. The number of nitrogens with one attached hydrogen (secondary N) is 1. The van der Waals surface area contributed by atoms with Crippen LogP contribution in [0, 0.1) is 0 Å². The van der Waals surface area contributed by atoms with Crippen LogP contribution in [0.5, 0.6) is 0 Å². The van der Waals surface area contributed by atoms with Gasteiger partial charge in [-0.2, -0.15) is 0 Å². The lowest BCUT2D eigenvalue weighted by molar-refractivity contribution is 0.743. The maximum absolute atomic E-state index is 12.5. The zero-order valence-corrected chi connectivity index (χ0v) is 11.8. The molecule has 2 rings (SSSR count). The molecule has 0 atom stereocenters.